The monoisotopic (exact) mass is 269 g/mol. The van der Waals surface area contributed by atoms with E-state index in [9.17, 15) is 4.79 Å². The van der Waals surface area contributed by atoms with Crippen molar-refractivity contribution in [2.75, 3.05) is 14.1 Å². The largest absolute Gasteiger partial charge is 0.478 e. The van der Waals surface area contributed by atoms with Crippen LogP contribution in [0.2, 0.25) is 0 Å². The van der Waals surface area contributed by atoms with Crippen LogP contribution < -0.4 is 0 Å². The molecule has 80 valence electrons. The van der Waals surface area contributed by atoms with Gasteiger partial charge in [-0.2, -0.15) is 0 Å². The van der Waals surface area contributed by atoms with Crippen molar-refractivity contribution in [1.82, 2.24) is 4.90 Å². The molecule has 0 unspecified atom stereocenters. The van der Waals surface area contributed by atoms with E-state index in [0.29, 0.717) is 5.56 Å². The molecule has 1 aromatic carbocycles. The van der Waals surface area contributed by atoms with Crippen LogP contribution in [0.15, 0.2) is 34.9 Å². The molecule has 0 fully saturated rings. The molecule has 0 heterocycles. The third kappa shape index (κ3) is 3.40. The molecule has 4 heteroatoms. The zero-order valence-electron chi connectivity index (χ0n) is 8.57. The summed E-state index contributed by atoms with van der Waals surface area (Å²) in [4.78, 5) is 12.7. The maximum absolute atomic E-state index is 11.0. The lowest BCUT2D eigenvalue weighted by atomic mass is 10.1. The lowest BCUT2D eigenvalue weighted by Gasteiger charge is -2.08. The van der Waals surface area contributed by atoms with E-state index < -0.39 is 5.97 Å². The maximum atomic E-state index is 11.0. The van der Waals surface area contributed by atoms with Crippen LogP contribution in [0.4, 0.5) is 0 Å². The molecule has 1 N–H and O–H groups in total. The highest BCUT2D eigenvalue weighted by molar-refractivity contribution is 9.10. The van der Waals surface area contributed by atoms with Crippen LogP contribution in [0.25, 0.3) is 5.57 Å². The van der Waals surface area contributed by atoms with Gasteiger partial charge in [0.05, 0.1) is 5.57 Å². The molecule has 0 bridgehead atoms. The highest BCUT2D eigenvalue weighted by Gasteiger charge is 2.10. The van der Waals surface area contributed by atoms with E-state index >= 15 is 0 Å². The molecule has 0 radical (unpaired) electrons. The second-order valence-electron chi connectivity index (χ2n) is 3.32. The Morgan fingerprint density at radius 2 is 1.87 bits per heavy atom. The maximum Gasteiger partial charge on any atom is 0.337 e. The molecule has 0 saturated heterocycles. The Morgan fingerprint density at radius 3 is 2.27 bits per heavy atom. The van der Waals surface area contributed by atoms with Crippen molar-refractivity contribution in [3.8, 4) is 0 Å². The summed E-state index contributed by atoms with van der Waals surface area (Å²) < 4.78 is 0.931. The van der Waals surface area contributed by atoms with E-state index in [-0.39, 0.29) is 5.57 Å². The predicted molar refractivity (Wildman–Crippen MR) is 63.4 cm³/mol. The second kappa shape index (κ2) is 4.98. The van der Waals surface area contributed by atoms with Gasteiger partial charge in [-0.1, -0.05) is 28.1 Å². The van der Waals surface area contributed by atoms with Gasteiger partial charge in [-0.25, -0.2) is 4.79 Å². The molecular formula is C11H12BrNO2. The van der Waals surface area contributed by atoms with Gasteiger partial charge in [0, 0.05) is 24.8 Å². The zero-order chi connectivity index (χ0) is 11.4. The number of nitrogens with zero attached hydrogens (tertiary/aromatic N) is 1. The third-order valence-electron chi connectivity index (χ3n) is 1.77. The number of rotatable bonds is 3. The Bertz CT molecular complexity index is 382. The molecule has 0 amide bonds. The minimum atomic E-state index is -0.925. The fraction of sp³-hybridized carbons (Fsp3) is 0.182. The van der Waals surface area contributed by atoms with Crippen molar-refractivity contribution >= 4 is 27.5 Å². The standard InChI is InChI=1S/C11H12BrNO2/c1-13(2)7-10(11(14)15)8-3-5-9(12)6-4-8/h3-7H,1-2H3,(H,14,15)/b10-7+. The number of benzene rings is 1. The Labute approximate surface area is 97.1 Å². The number of halogens is 1. The van der Waals surface area contributed by atoms with Crippen LogP contribution in [0.1, 0.15) is 5.56 Å². The number of hydrogen-bond donors (Lipinski definition) is 1. The molecule has 0 aromatic heterocycles. The van der Waals surface area contributed by atoms with Crippen LogP contribution in [-0.2, 0) is 4.79 Å². The number of carboxylic acids is 1. The summed E-state index contributed by atoms with van der Waals surface area (Å²) in [6.07, 6.45) is 1.59. The minimum absolute atomic E-state index is 0.285. The molecular weight excluding hydrogens is 258 g/mol. The number of carbonyl (C=O) groups is 1. The summed E-state index contributed by atoms with van der Waals surface area (Å²) >= 11 is 3.31. The number of hydrogen-bond acceptors (Lipinski definition) is 2. The first-order chi connectivity index (χ1) is 7.00. The van der Waals surface area contributed by atoms with Crippen LogP contribution in [0.3, 0.4) is 0 Å². The molecule has 0 aliphatic rings. The highest BCUT2D eigenvalue weighted by atomic mass is 79.9. The first-order valence-electron chi connectivity index (χ1n) is 4.38. The average molecular weight is 270 g/mol. The lowest BCUT2D eigenvalue weighted by molar-refractivity contribution is -0.130. The zero-order valence-corrected chi connectivity index (χ0v) is 10.2. The summed E-state index contributed by atoms with van der Waals surface area (Å²) in [6, 6.07) is 7.19. The third-order valence-corrected chi connectivity index (χ3v) is 2.30. The van der Waals surface area contributed by atoms with Crippen molar-refractivity contribution in [3.05, 3.63) is 40.5 Å². The van der Waals surface area contributed by atoms with Crippen molar-refractivity contribution in [1.29, 1.82) is 0 Å². The topological polar surface area (TPSA) is 40.5 Å². The van der Waals surface area contributed by atoms with Crippen molar-refractivity contribution in [2.24, 2.45) is 0 Å². The van der Waals surface area contributed by atoms with Gasteiger partial charge in [0.15, 0.2) is 0 Å². The molecule has 1 rings (SSSR count). The van der Waals surface area contributed by atoms with Gasteiger partial charge in [-0.05, 0) is 17.7 Å². The molecule has 0 saturated carbocycles. The second-order valence-corrected chi connectivity index (χ2v) is 4.23. The van der Waals surface area contributed by atoms with E-state index in [1.165, 1.54) is 0 Å². The highest BCUT2D eigenvalue weighted by Crippen LogP contribution is 2.18. The van der Waals surface area contributed by atoms with E-state index in [2.05, 4.69) is 15.9 Å². The number of aliphatic carboxylic acids is 1. The van der Waals surface area contributed by atoms with E-state index in [1.807, 2.05) is 12.1 Å². The van der Waals surface area contributed by atoms with Gasteiger partial charge in [-0.3, -0.25) is 0 Å². The molecule has 0 atom stereocenters. The summed E-state index contributed by atoms with van der Waals surface area (Å²) in [5.41, 5.74) is 0.979. The van der Waals surface area contributed by atoms with Crippen LogP contribution >= 0.6 is 15.9 Å². The molecule has 1 aromatic rings. The summed E-state index contributed by atoms with van der Waals surface area (Å²) in [5, 5.41) is 9.04. The summed E-state index contributed by atoms with van der Waals surface area (Å²) in [6.45, 7) is 0. The Balaban J connectivity index is 3.11. The summed E-state index contributed by atoms with van der Waals surface area (Å²) in [5.74, 6) is -0.925. The SMILES string of the molecule is CN(C)/C=C(/C(=O)O)c1ccc(Br)cc1. The average Bonchev–Trinajstić information content (AvgIpc) is 2.15. The molecule has 0 aliphatic heterocycles. The van der Waals surface area contributed by atoms with Gasteiger partial charge in [-0.15, -0.1) is 0 Å². The summed E-state index contributed by atoms with van der Waals surface area (Å²) in [7, 11) is 3.59. The van der Waals surface area contributed by atoms with Gasteiger partial charge in [0.1, 0.15) is 0 Å². The van der Waals surface area contributed by atoms with Crippen LogP contribution in [-0.4, -0.2) is 30.1 Å². The van der Waals surface area contributed by atoms with E-state index in [0.717, 1.165) is 4.47 Å². The molecule has 0 spiro atoms. The Morgan fingerprint density at radius 1 is 1.33 bits per heavy atom. The van der Waals surface area contributed by atoms with Crippen molar-refractivity contribution < 1.29 is 9.90 Å². The lowest BCUT2D eigenvalue weighted by Crippen LogP contribution is -2.08. The van der Waals surface area contributed by atoms with Gasteiger partial charge in [0.25, 0.3) is 0 Å². The van der Waals surface area contributed by atoms with Crippen LogP contribution in [0, 0.1) is 0 Å². The van der Waals surface area contributed by atoms with Crippen molar-refractivity contribution in [3.63, 3.8) is 0 Å². The number of carboxylic acid groups (broad SMARTS) is 1. The normalized spacial score (nSPS) is 11.3. The smallest absolute Gasteiger partial charge is 0.337 e. The van der Waals surface area contributed by atoms with Gasteiger partial charge < -0.3 is 10.0 Å². The van der Waals surface area contributed by atoms with Gasteiger partial charge >= 0.3 is 5.97 Å². The molecule has 15 heavy (non-hydrogen) atoms. The van der Waals surface area contributed by atoms with E-state index in [1.54, 1.807) is 37.3 Å². The quantitative estimate of drug-likeness (QED) is 0.857. The first kappa shape index (κ1) is 11.8. The fourth-order valence-corrected chi connectivity index (χ4v) is 1.41. The predicted octanol–water partition coefficient (Wildman–Crippen LogP) is 2.44. The molecule has 0 aliphatic carbocycles. The Hall–Kier alpha value is -1.29. The van der Waals surface area contributed by atoms with E-state index in [4.69, 9.17) is 5.11 Å². The Kier molecular flexibility index (Phi) is 3.91. The van der Waals surface area contributed by atoms with Gasteiger partial charge in [0.2, 0.25) is 0 Å². The fourth-order valence-electron chi connectivity index (χ4n) is 1.14. The molecule has 3 nitrogen and oxygen atoms in total. The van der Waals surface area contributed by atoms with Crippen LogP contribution in [0.5, 0.6) is 0 Å². The first-order valence-corrected chi connectivity index (χ1v) is 5.17. The van der Waals surface area contributed by atoms with Crippen molar-refractivity contribution in [2.45, 2.75) is 0 Å². The minimum Gasteiger partial charge on any atom is -0.478 e.